The molecule has 0 aliphatic carbocycles. The summed E-state index contributed by atoms with van der Waals surface area (Å²) in [4.78, 5) is 29.0. The lowest BCUT2D eigenvalue weighted by molar-refractivity contribution is -0.140. The number of carbonyl (C=O) groups is 2. The van der Waals surface area contributed by atoms with Crippen molar-refractivity contribution in [3.63, 3.8) is 0 Å². The van der Waals surface area contributed by atoms with E-state index in [1.165, 1.54) is 24.0 Å². The smallest absolute Gasteiger partial charge is 0.418 e. The molecule has 1 unspecified atom stereocenters. The highest BCUT2D eigenvalue weighted by Crippen LogP contribution is 2.42. The number of hydrogen-bond acceptors (Lipinski definition) is 5. The molecule has 12 heteroatoms. The summed E-state index contributed by atoms with van der Waals surface area (Å²) in [6.45, 7) is 2.64. The Hall–Kier alpha value is -2.76. The number of amides is 3. The van der Waals surface area contributed by atoms with Gasteiger partial charge in [0.25, 0.3) is 0 Å². The summed E-state index contributed by atoms with van der Waals surface area (Å²) in [7, 11) is 0. The van der Waals surface area contributed by atoms with Crippen LogP contribution in [0, 0.1) is 0 Å². The fourth-order valence-electron chi connectivity index (χ4n) is 4.94. The van der Waals surface area contributed by atoms with E-state index in [0.29, 0.717) is 32.6 Å². The van der Waals surface area contributed by atoms with Crippen molar-refractivity contribution < 1.29 is 36.6 Å². The molecule has 4 aliphatic rings. The average molecular weight is 486 g/mol. The van der Waals surface area contributed by atoms with Gasteiger partial charge in [0, 0.05) is 19.2 Å². The Morgan fingerprint density at radius 3 is 2.62 bits per heavy atom. The number of piperidine rings is 1. The highest BCUT2D eigenvalue weighted by Gasteiger charge is 2.44. The van der Waals surface area contributed by atoms with E-state index in [2.05, 4.69) is 5.32 Å². The largest absolute Gasteiger partial charge is 0.487 e. The lowest BCUT2D eigenvalue weighted by Gasteiger charge is -2.46. The molecule has 1 aromatic carbocycles. The molecule has 0 saturated carbocycles. The first-order chi connectivity index (χ1) is 16.0. The molecular formula is C22H26F4N4O4. The van der Waals surface area contributed by atoms with Crippen LogP contribution in [0.4, 0.5) is 28.0 Å². The summed E-state index contributed by atoms with van der Waals surface area (Å²) in [6.07, 6.45) is -4.38. The van der Waals surface area contributed by atoms with Gasteiger partial charge in [0.15, 0.2) is 0 Å². The van der Waals surface area contributed by atoms with E-state index in [4.69, 9.17) is 9.47 Å². The predicted octanol–water partition coefficient (Wildman–Crippen LogP) is 2.03. The van der Waals surface area contributed by atoms with Gasteiger partial charge in [0.05, 0.1) is 49.6 Å². The number of halogens is 4. The van der Waals surface area contributed by atoms with Gasteiger partial charge in [-0.05, 0) is 25.5 Å². The maximum Gasteiger partial charge on any atom is 0.418 e. The Bertz CT molecular complexity index is 974. The first-order valence-electron chi connectivity index (χ1n) is 11.3. The predicted molar refractivity (Wildman–Crippen MR) is 112 cm³/mol. The summed E-state index contributed by atoms with van der Waals surface area (Å²) in [5.74, 6) is 0.0497. The van der Waals surface area contributed by atoms with Crippen molar-refractivity contribution in [1.82, 2.24) is 15.1 Å². The summed E-state index contributed by atoms with van der Waals surface area (Å²) in [5, 5.41) is 2.86. The van der Waals surface area contributed by atoms with Gasteiger partial charge < -0.3 is 29.5 Å². The molecule has 0 spiro atoms. The number of hydrogen-bond donors (Lipinski definition) is 1. The lowest BCUT2D eigenvalue weighted by Crippen LogP contribution is -2.65. The van der Waals surface area contributed by atoms with E-state index in [9.17, 15) is 27.2 Å². The van der Waals surface area contributed by atoms with Crippen molar-refractivity contribution in [3.8, 4) is 5.75 Å². The highest BCUT2D eigenvalue weighted by molar-refractivity contribution is 5.79. The van der Waals surface area contributed by atoms with Crippen LogP contribution >= 0.6 is 0 Å². The van der Waals surface area contributed by atoms with Gasteiger partial charge in [-0.25, -0.2) is 9.18 Å². The molecule has 5 rings (SSSR count). The number of nitrogens with one attached hydrogen (secondary N) is 1. The number of alkyl halides is 4. The number of benzene rings is 1. The number of morpholine rings is 1. The monoisotopic (exact) mass is 486 g/mol. The third-order valence-electron chi connectivity index (χ3n) is 6.67. The molecular weight excluding hydrogens is 460 g/mol. The maximum absolute atomic E-state index is 13.9. The van der Waals surface area contributed by atoms with Gasteiger partial charge in [-0.1, -0.05) is 0 Å². The van der Waals surface area contributed by atoms with Crippen LogP contribution in [0.25, 0.3) is 0 Å². The number of nitrogens with zero attached hydrogens (tertiary/aromatic N) is 3. The Balaban J connectivity index is 1.18. The van der Waals surface area contributed by atoms with E-state index in [0.717, 1.165) is 6.07 Å². The zero-order valence-corrected chi connectivity index (χ0v) is 18.6. The van der Waals surface area contributed by atoms with Gasteiger partial charge in [-0.2, -0.15) is 13.2 Å². The second-order valence-electron chi connectivity index (χ2n) is 9.63. The Morgan fingerprint density at radius 2 is 1.94 bits per heavy atom. The zero-order valence-electron chi connectivity index (χ0n) is 18.6. The second kappa shape index (κ2) is 8.17. The van der Waals surface area contributed by atoms with Crippen molar-refractivity contribution in [2.75, 3.05) is 50.8 Å². The number of likely N-dealkylation sites (tertiary alicyclic amines) is 2. The highest BCUT2D eigenvalue weighted by atomic mass is 19.4. The number of ether oxygens (including phenoxy) is 2. The van der Waals surface area contributed by atoms with E-state index in [1.54, 1.807) is 9.80 Å². The molecule has 0 bridgehead atoms. The quantitative estimate of drug-likeness (QED) is 0.662. The molecule has 1 N–H and O–H groups in total. The van der Waals surface area contributed by atoms with Crippen LogP contribution in [0.2, 0.25) is 0 Å². The number of rotatable bonds is 3. The van der Waals surface area contributed by atoms with Gasteiger partial charge in [0.1, 0.15) is 24.1 Å². The van der Waals surface area contributed by atoms with E-state index in [-0.39, 0.29) is 61.3 Å². The van der Waals surface area contributed by atoms with Crippen LogP contribution in [0.15, 0.2) is 18.2 Å². The van der Waals surface area contributed by atoms with Gasteiger partial charge in [-0.3, -0.25) is 4.79 Å². The minimum atomic E-state index is -4.56. The van der Waals surface area contributed by atoms with Crippen LogP contribution in [0.5, 0.6) is 5.75 Å². The summed E-state index contributed by atoms with van der Waals surface area (Å²) >= 11 is 0. The molecule has 34 heavy (non-hydrogen) atoms. The SMILES string of the molecule is CC1(F)CN(c2cc(OC3CN(C(=O)N4CCC5OCC(=O)N[C@@H]5C4)C3)ccc2C(F)(F)F)C1. The molecule has 4 heterocycles. The molecule has 2 atom stereocenters. The fraction of sp³-hybridized carbons (Fsp3) is 0.636. The van der Waals surface area contributed by atoms with Crippen molar-refractivity contribution in [3.05, 3.63) is 23.8 Å². The Labute approximate surface area is 193 Å². The number of anilines is 1. The van der Waals surface area contributed by atoms with Crippen molar-refractivity contribution in [1.29, 1.82) is 0 Å². The number of carbonyl (C=O) groups excluding carboxylic acids is 2. The molecule has 4 aliphatic heterocycles. The zero-order chi connectivity index (χ0) is 24.3. The van der Waals surface area contributed by atoms with Crippen molar-refractivity contribution in [2.24, 2.45) is 0 Å². The van der Waals surface area contributed by atoms with Crippen molar-refractivity contribution >= 4 is 17.6 Å². The minimum absolute atomic E-state index is 0.0385. The Kier molecular flexibility index (Phi) is 5.53. The van der Waals surface area contributed by atoms with E-state index in [1.807, 2.05) is 0 Å². The molecule has 4 saturated heterocycles. The first-order valence-corrected chi connectivity index (χ1v) is 11.3. The topological polar surface area (TPSA) is 74.3 Å². The molecule has 8 nitrogen and oxygen atoms in total. The molecule has 186 valence electrons. The summed E-state index contributed by atoms with van der Waals surface area (Å²) < 4.78 is 65.5. The van der Waals surface area contributed by atoms with Crippen LogP contribution in [0.3, 0.4) is 0 Å². The Morgan fingerprint density at radius 1 is 1.21 bits per heavy atom. The number of fused-ring (bicyclic) bond motifs is 1. The molecule has 1 aromatic rings. The van der Waals surface area contributed by atoms with Crippen LogP contribution in [0.1, 0.15) is 18.9 Å². The van der Waals surface area contributed by atoms with Crippen LogP contribution in [-0.4, -0.2) is 91.5 Å². The summed E-state index contributed by atoms with van der Waals surface area (Å²) in [5.41, 5.74) is -2.45. The third-order valence-corrected chi connectivity index (χ3v) is 6.67. The maximum atomic E-state index is 13.9. The minimum Gasteiger partial charge on any atom is -0.487 e. The number of urea groups is 1. The second-order valence-corrected chi connectivity index (χ2v) is 9.63. The standard InChI is InChI=1S/C22H26F4N4O4/c1-21(23)11-30(12-21)17-6-13(2-3-15(17)22(24,25)26)34-14-7-29(8-14)20(32)28-5-4-18-16(9-28)27-19(31)10-33-18/h2-3,6,14,16,18H,4-5,7-12H2,1H3,(H,27,31)/t16-,18?/m1/s1. The van der Waals surface area contributed by atoms with E-state index < -0.39 is 17.4 Å². The van der Waals surface area contributed by atoms with Crippen LogP contribution < -0.4 is 15.0 Å². The third kappa shape index (κ3) is 4.47. The molecule has 0 aromatic heterocycles. The van der Waals surface area contributed by atoms with Crippen molar-refractivity contribution in [2.45, 2.75) is 43.4 Å². The lowest BCUT2D eigenvalue weighted by atomic mass is 9.96. The van der Waals surface area contributed by atoms with Gasteiger partial charge in [0.2, 0.25) is 5.91 Å². The molecule has 0 radical (unpaired) electrons. The summed E-state index contributed by atoms with van der Waals surface area (Å²) in [6, 6.07) is 3.09. The van der Waals surface area contributed by atoms with Crippen LogP contribution in [-0.2, 0) is 15.7 Å². The molecule has 4 fully saturated rings. The van der Waals surface area contributed by atoms with Gasteiger partial charge in [-0.15, -0.1) is 0 Å². The van der Waals surface area contributed by atoms with Gasteiger partial charge >= 0.3 is 12.2 Å². The molecule has 3 amide bonds. The fourth-order valence-corrected chi connectivity index (χ4v) is 4.94. The average Bonchev–Trinajstić information content (AvgIpc) is 2.72. The van der Waals surface area contributed by atoms with E-state index >= 15 is 0 Å². The normalized spacial score (nSPS) is 26.9. The first kappa shape index (κ1) is 23.0.